The maximum Gasteiger partial charge on any atom is 0.423 e. The number of imide groups is 4. The van der Waals surface area contributed by atoms with E-state index < -0.39 is 70.5 Å². The van der Waals surface area contributed by atoms with Crippen LogP contribution < -0.4 is 5.43 Å². The van der Waals surface area contributed by atoms with E-state index in [0.29, 0.717) is 32.0 Å². The molecule has 2 saturated heterocycles. The first-order valence-corrected chi connectivity index (χ1v) is 16.5. The maximum absolute atomic E-state index is 15.3. The zero-order chi connectivity index (χ0) is 35.1. The number of likely N-dealkylation sites (tertiary alicyclic amines) is 1. The lowest BCUT2D eigenvalue weighted by atomic mass is 9.48. The number of phenolic OH excluding ortho intramolecular Hbond substituents is 1. The lowest BCUT2D eigenvalue weighted by molar-refractivity contribution is -0.140. The summed E-state index contributed by atoms with van der Waals surface area (Å²) in [5.74, 6) is -8.10. The van der Waals surface area contributed by atoms with E-state index in [1.165, 1.54) is 30.3 Å². The fourth-order valence-electron chi connectivity index (χ4n) is 8.83. The summed E-state index contributed by atoms with van der Waals surface area (Å²) in [7, 11) is 1.08. The molecule has 2 N–H and O–H groups in total. The van der Waals surface area contributed by atoms with Crippen molar-refractivity contribution in [3.05, 3.63) is 119 Å². The molecule has 0 radical (unpaired) electrons. The van der Waals surface area contributed by atoms with Crippen molar-refractivity contribution in [1.82, 2.24) is 9.91 Å². The van der Waals surface area contributed by atoms with Gasteiger partial charge in [0.15, 0.2) is 0 Å². The van der Waals surface area contributed by atoms with Crippen LogP contribution in [-0.4, -0.2) is 51.8 Å². The zero-order valence-electron chi connectivity index (χ0n) is 26.5. The number of hydrogen-bond acceptors (Lipinski definition) is 8. The number of fused-ring (bicyclic) bond motifs is 5. The molecule has 5 amide bonds. The number of anilines is 1. The Morgan fingerprint density at radius 1 is 0.920 bits per heavy atom. The Morgan fingerprint density at radius 2 is 1.64 bits per heavy atom. The average Bonchev–Trinajstić information content (AvgIpc) is 3.50. The third-order valence-electron chi connectivity index (χ3n) is 10.8. The quantitative estimate of drug-likeness (QED) is 0.194. The van der Waals surface area contributed by atoms with Gasteiger partial charge >= 0.3 is 6.09 Å². The van der Waals surface area contributed by atoms with Gasteiger partial charge in [-0.15, -0.1) is 0 Å². The minimum atomic E-state index is -1.68. The van der Waals surface area contributed by atoms with E-state index in [9.17, 15) is 28.7 Å². The van der Waals surface area contributed by atoms with Crippen LogP contribution in [-0.2, 0) is 29.3 Å². The van der Waals surface area contributed by atoms with Crippen LogP contribution in [0.5, 0.6) is 5.75 Å². The van der Waals surface area contributed by atoms with Gasteiger partial charge in [-0.2, -0.15) is 9.91 Å². The van der Waals surface area contributed by atoms with E-state index in [-0.39, 0.29) is 24.3 Å². The second kappa shape index (κ2) is 11.5. The number of hydrazine groups is 1. The van der Waals surface area contributed by atoms with Gasteiger partial charge in [0.25, 0.3) is 11.8 Å². The third kappa shape index (κ3) is 4.35. The lowest BCUT2D eigenvalue weighted by Gasteiger charge is -2.51. The van der Waals surface area contributed by atoms with Crippen LogP contribution in [0.15, 0.2) is 96.6 Å². The fourth-order valence-corrected chi connectivity index (χ4v) is 8.95. The Balaban J connectivity index is 1.40. The van der Waals surface area contributed by atoms with Gasteiger partial charge in [-0.25, -0.2) is 9.18 Å². The third-order valence-corrected chi connectivity index (χ3v) is 11.1. The predicted molar refractivity (Wildman–Crippen MR) is 179 cm³/mol. The summed E-state index contributed by atoms with van der Waals surface area (Å²) >= 11 is 6.35. The maximum atomic E-state index is 15.3. The first-order valence-electron chi connectivity index (χ1n) is 16.1. The Kier molecular flexibility index (Phi) is 7.30. The Bertz CT molecular complexity index is 2170. The number of hydrogen-bond donors (Lipinski definition) is 2. The highest BCUT2D eigenvalue weighted by Crippen LogP contribution is 2.65. The highest BCUT2D eigenvalue weighted by atomic mass is 35.5. The predicted octanol–water partition coefficient (Wildman–Crippen LogP) is 6.09. The molecule has 0 spiro atoms. The molecule has 0 bridgehead atoms. The molecule has 2 aliphatic carbocycles. The first kappa shape index (κ1) is 31.7. The van der Waals surface area contributed by atoms with Crippen molar-refractivity contribution in [1.29, 1.82) is 0 Å². The number of nitrogens with one attached hydrogen (secondary N) is 1. The van der Waals surface area contributed by atoms with Gasteiger partial charge in [0.1, 0.15) is 11.6 Å². The molecule has 2 aliphatic heterocycles. The molecule has 1 saturated carbocycles. The van der Waals surface area contributed by atoms with Gasteiger partial charge < -0.3 is 9.84 Å². The number of aromatic hydroxyl groups is 1. The molecule has 252 valence electrons. The number of methoxy groups -OCH3 is 1. The van der Waals surface area contributed by atoms with Gasteiger partial charge in [-0.05, 0) is 77.6 Å². The summed E-state index contributed by atoms with van der Waals surface area (Å²) in [4.78, 5) is 70.7. The van der Waals surface area contributed by atoms with E-state index in [4.69, 9.17) is 16.3 Å². The highest BCUT2D eigenvalue weighted by molar-refractivity contribution is 6.30. The molecule has 4 aromatic rings. The van der Waals surface area contributed by atoms with Crippen LogP contribution in [0.3, 0.4) is 0 Å². The molecule has 2 heterocycles. The van der Waals surface area contributed by atoms with Crippen molar-refractivity contribution < 1.29 is 38.2 Å². The summed E-state index contributed by atoms with van der Waals surface area (Å²) < 4.78 is 18.6. The molecule has 12 heteroatoms. The lowest BCUT2D eigenvalue weighted by Crippen LogP contribution is -2.53. The number of allylic oxidation sites excluding steroid dienone is 2. The van der Waals surface area contributed by atoms with Crippen LogP contribution >= 0.6 is 11.6 Å². The topological polar surface area (TPSA) is 133 Å². The summed E-state index contributed by atoms with van der Waals surface area (Å²) in [5, 5.41) is 14.5. The van der Waals surface area contributed by atoms with Gasteiger partial charge in [-0.1, -0.05) is 65.7 Å². The second-order valence-electron chi connectivity index (χ2n) is 13.1. The smallest absolute Gasteiger partial charge is 0.423 e. The number of carbonyl (C=O) groups is 5. The Morgan fingerprint density at radius 3 is 2.36 bits per heavy atom. The van der Waals surface area contributed by atoms with Crippen molar-refractivity contribution in [3.8, 4) is 5.75 Å². The fraction of sp³-hybridized carbons (Fsp3) is 0.237. The van der Waals surface area contributed by atoms with E-state index in [1.54, 1.807) is 36.4 Å². The minimum absolute atomic E-state index is 0.0299. The number of amides is 5. The van der Waals surface area contributed by atoms with Crippen LogP contribution in [0.25, 0.3) is 10.8 Å². The number of halogens is 2. The molecule has 0 unspecified atom stereocenters. The molecule has 4 aromatic carbocycles. The first-order chi connectivity index (χ1) is 24.1. The molecule has 0 aromatic heterocycles. The zero-order valence-corrected chi connectivity index (χ0v) is 27.3. The molecule has 6 atom stereocenters. The second-order valence-corrected chi connectivity index (χ2v) is 13.5. The Hall–Kier alpha value is -5.55. The number of carbonyl (C=O) groups excluding carboxylic acids is 5. The highest BCUT2D eigenvalue weighted by Gasteiger charge is 2.71. The van der Waals surface area contributed by atoms with E-state index in [2.05, 4.69) is 5.43 Å². The van der Waals surface area contributed by atoms with Crippen molar-refractivity contribution in [2.75, 3.05) is 12.5 Å². The summed E-state index contributed by atoms with van der Waals surface area (Å²) in [5.41, 5.74) is 2.93. The number of rotatable bonds is 4. The van der Waals surface area contributed by atoms with Gasteiger partial charge in [0.05, 0.1) is 36.0 Å². The van der Waals surface area contributed by atoms with Gasteiger partial charge in [0, 0.05) is 16.5 Å². The Labute approximate surface area is 290 Å². The average molecular weight is 694 g/mol. The largest absolute Gasteiger partial charge is 0.508 e. The molecule has 50 heavy (non-hydrogen) atoms. The minimum Gasteiger partial charge on any atom is -0.508 e. The number of benzene rings is 4. The number of nitrogens with zero attached hydrogens (tertiary/aromatic N) is 2. The summed E-state index contributed by atoms with van der Waals surface area (Å²) in [6, 6.07) is 22.5. The molecule has 8 rings (SSSR count). The molecular formula is C38H29ClFN3O7. The SMILES string of the molecule is COC(=O)N1C(=O)[C@H]2[C@H](CC=C3[C@H]2C[C@H]2C(=O)N(Nc4ccc(F)cc4)C(=O)[C@@]2(c2ccc(Cl)cc2)[C@H]3c2c(O)ccc3ccccc23)C1=O. The van der Waals surface area contributed by atoms with Crippen molar-refractivity contribution >= 4 is 57.8 Å². The molecule has 4 aliphatic rings. The van der Waals surface area contributed by atoms with E-state index in [0.717, 1.165) is 17.5 Å². The normalized spacial score (nSPS) is 27.2. The van der Waals surface area contributed by atoms with Crippen LogP contribution in [0.4, 0.5) is 14.9 Å². The van der Waals surface area contributed by atoms with Crippen LogP contribution in [0.2, 0.25) is 5.02 Å². The summed E-state index contributed by atoms with van der Waals surface area (Å²) in [6.45, 7) is 0. The number of phenols is 1. The van der Waals surface area contributed by atoms with Crippen LogP contribution in [0, 0.1) is 29.5 Å². The van der Waals surface area contributed by atoms with E-state index in [1.807, 2.05) is 24.3 Å². The van der Waals surface area contributed by atoms with Crippen molar-refractivity contribution in [2.45, 2.75) is 24.2 Å². The molecule has 3 fully saturated rings. The van der Waals surface area contributed by atoms with Crippen molar-refractivity contribution in [2.24, 2.45) is 23.7 Å². The summed E-state index contributed by atoms with van der Waals surface area (Å²) in [6.07, 6.45) is 0.785. The van der Waals surface area contributed by atoms with Crippen LogP contribution in [0.1, 0.15) is 29.9 Å². The molecular weight excluding hydrogens is 665 g/mol. The molecule has 10 nitrogen and oxygen atoms in total. The monoisotopic (exact) mass is 693 g/mol. The van der Waals surface area contributed by atoms with Gasteiger partial charge in [0.2, 0.25) is 11.8 Å². The standard InChI is InChI=1S/C38H29ClFN3O7/c1-50-37(49)42-33(45)26-16-15-25-27(30(26)35(42)47)18-28-34(46)43(41-23-13-11-22(40)12-14-23)36(48)38(28,20-7-9-21(39)10-8-20)32(25)31-24-5-3-2-4-19(24)6-17-29(31)44/h2-15,17,26-28,30,32,41,44H,16,18H2,1H3/t26-,27+,28-,30-,32+,38+/m0/s1. The van der Waals surface area contributed by atoms with Gasteiger partial charge in [-0.3, -0.25) is 24.6 Å². The number of ether oxygens (including phenoxy) is 1. The van der Waals surface area contributed by atoms with Crippen molar-refractivity contribution in [3.63, 3.8) is 0 Å². The van der Waals surface area contributed by atoms with E-state index >= 15 is 4.79 Å².